The van der Waals surface area contributed by atoms with Crippen molar-refractivity contribution >= 4 is 28.3 Å². The van der Waals surface area contributed by atoms with Crippen molar-refractivity contribution in [2.24, 2.45) is 11.8 Å². The van der Waals surface area contributed by atoms with E-state index in [1.165, 1.54) is 12.8 Å². The number of nitrogens with one attached hydrogen (secondary N) is 1. The first-order valence-electron chi connectivity index (χ1n) is 12.6. The Kier molecular flexibility index (Phi) is 5.28. The number of hydrogen-bond donors (Lipinski definition) is 1. The predicted molar refractivity (Wildman–Crippen MR) is 136 cm³/mol. The van der Waals surface area contributed by atoms with Crippen LogP contribution in [0.5, 0.6) is 11.5 Å². The normalized spacial score (nSPS) is 19.5. The van der Waals surface area contributed by atoms with Crippen molar-refractivity contribution in [2.75, 3.05) is 13.1 Å². The fourth-order valence-electron chi connectivity index (χ4n) is 5.06. The van der Waals surface area contributed by atoms with Crippen molar-refractivity contribution in [2.45, 2.75) is 46.6 Å². The molecule has 3 aromatic heterocycles. The second-order valence-electron chi connectivity index (χ2n) is 10.3. The zero-order valence-electron chi connectivity index (χ0n) is 21.0. The highest BCUT2D eigenvalue weighted by Crippen LogP contribution is 2.35. The van der Waals surface area contributed by atoms with Crippen LogP contribution in [0.25, 0.3) is 16.5 Å². The Morgan fingerprint density at radius 3 is 2.72 bits per heavy atom. The molecular weight excluding hydrogens is 456 g/mol. The van der Waals surface area contributed by atoms with Crippen molar-refractivity contribution in [3.8, 4) is 11.5 Å². The molecule has 36 heavy (non-hydrogen) atoms. The summed E-state index contributed by atoms with van der Waals surface area (Å²) in [6.07, 6.45) is 5.80. The average Bonchev–Trinajstić information content (AvgIpc) is 3.55. The number of carbonyl (C=O) groups excluding carboxylic acids is 2. The number of likely N-dealkylation sites (tertiary alicyclic amines) is 1. The topological polar surface area (TPSA) is 89.1 Å². The Labute approximate surface area is 209 Å². The smallest absolute Gasteiger partial charge is 0.256 e. The maximum Gasteiger partial charge on any atom is 0.256 e. The third kappa shape index (κ3) is 3.72. The van der Waals surface area contributed by atoms with Crippen LogP contribution in [0.1, 0.15) is 58.7 Å². The summed E-state index contributed by atoms with van der Waals surface area (Å²) in [6, 6.07) is 7.51. The molecule has 0 spiro atoms. The molecule has 1 N–H and O–H groups in total. The summed E-state index contributed by atoms with van der Waals surface area (Å²) < 4.78 is 13.9. The maximum absolute atomic E-state index is 13.2. The highest BCUT2D eigenvalue weighted by molar-refractivity contribution is 6.07. The molecule has 2 atom stereocenters. The Bertz CT molecular complexity index is 1510. The van der Waals surface area contributed by atoms with E-state index >= 15 is 0 Å². The molecule has 6 rings (SSSR count). The summed E-state index contributed by atoms with van der Waals surface area (Å²) in [5.41, 5.74) is 3.38. The number of fused-ring (bicyclic) bond motifs is 2. The number of aromatic nitrogens is 2. The van der Waals surface area contributed by atoms with Gasteiger partial charge in [-0.3, -0.25) is 9.59 Å². The van der Waals surface area contributed by atoms with Crippen molar-refractivity contribution in [3.63, 3.8) is 0 Å². The van der Waals surface area contributed by atoms with Gasteiger partial charge >= 0.3 is 0 Å². The molecule has 1 saturated carbocycles. The van der Waals surface area contributed by atoms with Gasteiger partial charge in [-0.05, 0) is 63.1 Å². The summed E-state index contributed by atoms with van der Waals surface area (Å²) in [6.45, 7) is 9.45. The largest absolute Gasteiger partial charge is 0.460 e. The van der Waals surface area contributed by atoms with Gasteiger partial charge in [-0.1, -0.05) is 6.92 Å². The minimum absolute atomic E-state index is 0.0227. The zero-order valence-corrected chi connectivity index (χ0v) is 21.0. The quantitative estimate of drug-likeness (QED) is 0.409. The van der Waals surface area contributed by atoms with E-state index in [1.807, 2.05) is 24.0 Å². The Morgan fingerprint density at radius 2 is 2.00 bits per heavy atom. The third-order valence-corrected chi connectivity index (χ3v) is 7.72. The third-order valence-electron chi connectivity index (χ3n) is 7.72. The Balaban J connectivity index is 1.29. The number of benzene rings is 1. The molecule has 0 radical (unpaired) electrons. The lowest BCUT2D eigenvalue weighted by Gasteiger charge is -2.44. The van der Waals surface area contributed by atoms with Crippen LogP contribution in [0, 0.1) is 25.7 Å². The van der Waals surface area contributed by atoms with Gasteiger partial charge in [-0.25, -0.2) is 4.52 Å². The van der Waals surface area contributed by atoms with Crippen LogP contribution < -0.4 is 10.1 Å². The number of aryl methyl sites for hydroxylation is 2. The van der Waals surface area contributed by atoms with Gasteiger partial charge in [0.2, 0.25) is 0 Å². The first-order valence-corrected chi connectivity index (χ1v) is 12.6. The van der Waals surface area contributed by atoms with Crippen molar-refractivity contribution in [1.82, 2.24) is 19.8 Å². The number of ether oxygens (including phenoxy) is 1. The van der Waals surface area contributed by atoms with Crippen LogP contribution in [-0.4, -0.2) is 45.5 Å². The molecule has 0 bridgehead atoms. The van der Waals surface area contributed by atoms with Crippen LogP contribution in [-0.2, 0) is 0 Å². The number of nitrogens with zero attached hydrogens (tertiary/aromatic N) is 3. The average molecular weight is 487 g/mol. The molecule has 1 saturated heterocycles. The highest BCUT2D eigenvalue weighted by Gasteiger charge is 2.37. The molecule has 1 aromatic carbocycles. The monoisotopic (exact) mass is 486 g/mol. The lowest BCUT2D eigenvalue weighted by Crippen LogP contribution is -2.55. The lowest BCUT2D eigenvalue weighted by atomic mass is 9.91. The minimum Gasteiger partial charge on any atom is -0.460 e. The van der Waals surface area contributed by atoms with Crippen LogP contribution >= 0.6 is 0 Å². The van der Waals surface area contributed by atoms with Crippen LogP contribution in [0.15, 0.2) is 41.1 Å². The molecule has 1 aliphatic carbocycles. The van der Waals surface area contributed by atoms with Crippen molar-refractivity contribution in [1.29, 1.82) is 0 Å². The Hall–Kier alpha value is -3.81. The summed E-state index contributed by atoms with van der Waals surface area (Å²) in [5, 5.41) is 8.19. The van der Waals surface area contributed by atoms with E-state index in [0.717, 1.165) is 23.0 Å². The van der Waals surface area contributed by atoms with E-state index in [2.05, 4.69) is 24.3 Å². The molecule has 186 valence electrons. The van der Waals surface area contributed by atoms with Gasteiger partial charge in [0.25, 0.3) is 11.8 Å². The molecule has 8 heteroatoms. The van der Waals surface area contributed by atoms with Gasteiger partial charge in [0.1, 0.15) is 22.6 Å². The summed E-state index contributed by atoms with van der Waals surface area (Å²) in [7, 11) is 0. The number of furan rings is 1. The molecule has 0 unspecified atom stereocenters. The van der Waals surface area contributed by atoms with Crippen molar-refractivity contribution in [3.05, 3.63) is 59.1 Å². The molecule has 2 amide bonds. The maximum atomic E-state index is 13.2. The van der Waals surface area contributed by atoms with Crippen LogP contribution in [0.2, 0.25) is 0 Å². The van der Waals surface area contributed by atoms with E-state index in [9.17, 15) is 9.59 Å². The van der Waals surface area contributed by atoms with Gasteiger partial charge in [0, 0.05) is 42.8 Å². The second-order valence-corrected chi connectivity index (χ2v) is 10.3. The summed E-state index contributed by atoms with van der Waals surface area (Å²) >= 11 is 0. The molecule has 4 aromatic rings. The van der Waals surface area contributed by atoms with E-state index in [0.29, 0.717) is 52.3 Å². The fraction of sp³-hybridized carbons (Fsp3) is 0.393. The number of rotatable bonds is 6. The first kappa shape index (κ1) is 22.6. The van der Waals surface area contributed by atoms with Gasteiger partial charge < -0.3 is 19.4 Å². The van der Waals surface area contributed by atoms with Crippen LogP contribution in [0.4, 0.5) is 0 Å². The molecule has 1 aliphatic heterocycles. The van der Waals surface area contributed by atoms with Crippen molar-refractivity contribution < 1.29 is 18.7 Å². The lowest BCUT2D eigenvalue weighted by molar-refractivity contribution is 0.0269. The number of hydrogen-bond acceptors (Lipinski definition) is 5. The minimum atomic E-state index is -0.102. The molecule has 4 heterocycles. The second kappa shape index (κ2) is 8.40. The van der Waals surface area contributed by atoms with Gasteiger partial charge in [0.05, 0.1) is 17.3 Å². The zero-order chi connectivity index (χ0) is 25.1. The van der Waals surface area contributed by atoms with E-state index in [1.54, 1.807) is 36.0 Å². The summed E-state index contributed by atoms with van der Waals surface area (Å²) in [4.78, 5) is 27.8. The fourth-order valence-corrected chi connectivity index (χ4v) is 5.06. The standard InChI is InChI=1S/C28H30N4O4/c1-15-13-31(17(15)3)28(34)22-14-32-26(16(22)2)23(9-10-30-32)36-20-7-8-21-24(11-20)35-18(4)25(21)27(33)29-12-19-5-6-19/h7-11,14-15,17,19H,5-6,12-13H2,1-4H3,(H,29,33)/t15-,17-/m1/s1. The first-order chi connectivity index (χ1) is 17.3. The van der Waals surface area contributed by atoms with E-state index in [-0.39, 0.29) is 17.9 Å². The predicted octanol–water partition coefficient (Wildman–Crippen LogP) is 5.11. The van der Waals surface area contributed by atoms with Gasteiger partial charge in [-0.2, -0.15) is 5.10 Å². The van der Waals surface area contributed by atoms with Gasteiger partial charge in [0.15, 0.2) is 5.75 Å². The van der Waals surface area contributed by atoms with E-state index in [4.69, 9.17) is 9.15 Å². The number of carbonyl (C=O) groups is 2. The highest BCUT2D eigenvalue weighted by atomic mass is 16.5. The SMILES string of the molecule is Cc1oc2cc(Oc3ccnn4cc(C(=O)N5C[C@@H](C)[C@H]5C)c(C)c34)ccc2c1C(=O)NCC1CC1. The molecule has 8 nitrogen and oxygen atoms in total. The number of amides is 2. The summed E-state index contributed by atoms with van der Waals surface area (Å²) in [5.74, 6) is 2.79. The van der Waals surface area contributed by atoms with Gasteiger partial charge in [-0.15, -0.1) is 0 Å². The molecular formula is C28H30N4O4. The van der Waals surface area contributed by atoms with E-state index < -0.39 is 0 Å². The Morgan fingerprint density at radius 1 is 1.19 bits per heavy atom. The molecule has 2 fully saturated rings. The van der Waals surface area contributed by atoms with Crippen LogP contribution in [0.3, 0.4) is 0 Å². The molecule has 2 aliphatic rings.